The second kappa shape index (κ2) is 6.78. The van der Waals surface area contributed by atoms with Crippen LogP contribution in [-0.2, 0) is 4.79 Å². The van der Waals surface area contributed by atoms with Gasteiger partial charge in [-0.2, -0.15) is 0 Å². The summed E-state index contributed by atoms with van der Waals surface area (Å²) in [6.45, 7) is 0.339. The summed E-state index contributed by atoms with van der Waals surface area (Å²) in [4.78, 5) is 12.2. The number of alkyl halides is 3. The third-order valence-corrected chi connectivity index (χ3v) is 4.24. The summed E-state index contributed by atoms with van der Waals surface area (Å²) >= 11 is 0. The van der Waals surface area contributed by atoms with E-state index in [9.17, 15) is 18.0 Å². The standard InChI is InChI=1S/C16H21F3N2O2/c1-21(2,13-5-3-4-6-13)11-15(22)20-12-7-9-14(10-8-12)23-16(17,18)19/h7-10,13H,3-6,11H2,1-2H3/p+1. The Morgan fingerprint density at radius 2 is 1.78 bits per heavy atom. The molecule has 0 bridgehead atoms. The number of hydrogen-bond acceptors (Lipinski definition) is 2. The van der Waals surface area contributed by atoms with Gasteiger partial charge >= 0.3 is 6.36 Å². The third kappa shape index (κ3) is 5.42. The van der Waals surface area contributed by atoms with Crippen molar-refractivity contribution in [3.63, 3.8) is 0 Å². The van der Waals surface area contributed by atoms with Crippen LogP contribution in [0.2, 0.25) is 0 Å². The van der Waals surface area contributed by atoms with Gasteiger partial charge in [0.15, 0.2) is 6.54 Å². The quantitative estimate of drug-likeness (QED) is 0.838. The Labute approximate surface area is 133 Å². The van der Waals surface area contributed by atoms with Crippen LogP contribution in [-0.4, -0.2) is 43.4 Å². The van der Waals surface area contributed by atoms with Crippen molar-refractivity contribution in [2.45, 2.75) is 38.1 Å². The molecule has 23 heavy (non-hydrogen) atoms. The minimum atomic E-state index is -4.71. The lowest BCUT2D eigenvalue weighted by molar-refractivity contribution is -0.906. The molecule has 1 amide bonds. The number of likely N-dealkylation sites (N-methyl/N-ethyl adjacent to an activating group) is 1. The molecular weight excluding hydrogens is 309 g/mol. The van der Waals surface area contributed by atoms with Gasteiger partial charge in [0.05, 0.1) is 20.1 Å². The summed E-state index contributed by atoms with van der Waals surface area (Å²) in [5.41, 5.74) is 0.455. The lowest BCUT2D eigenvalue weighted by Gasteiger charge is -2.35. The van der Waals surface area contributed by atoms with E-state index in [1.54, 1.807) is 0 Å². The fourth-order valence-corrected chi connectivity index (χ4v) is 3.04. The number of hydrogen-bond donors (Lipinski definition) is 1. The number of carbonyl (C=O) groups is 1. The van der Waals surface area contributed by atoms with Crippen molar-refractivity contribution in [2.24, 2.45) is 0 Å². The Morgan fingerprint density at radius 3 is 2.30 bits per heavy atom. The summed E-state index contributed by atoms with van der Waals surface area (Å²) in [6.07, 6.45) is -0.0513. The molecule has 0 radical (unpaired) electrons. The van der Waals surface area contributed by atoms with Gasteiger partial charge in [0.1, 0.15) is 5.75 Å². The van der Waals surface area contributed by atoms with Gasteiger partial charge in [0, 0.05) is 5.69 Å². The topological polar surface area (TPSA) is 38.3 Å². The summed E-state index contributed by atoms with van der Waals surface area (Å²) in [6, 6.07) is 5.65. The molecule has 2 rings (SSSR count). The van der Waals surface area contributed by atoms with E-state index in [0.29, 0.717) is 22.8 Å². The van der Waals surface area contributed by atoms with E-state index >= 15 is 0 Å². The van der Waals surface area contributed by atoms with Crippen LogP contribution in [0.4, 0.5) is 18.9 Å². The Bertz CT molecular complexity index is 535. The summed E-state index contributed by atoms with van der Waals surface area (Å²) in [5.74, 6) is -0.455. The maximum atomic E-state index is 12.2. The third-order valence-electron chi connectivity index (χ3n) is 4.24. The van der Waals surface area contributed by atoms with E-state index in [1.165, 1.54) is 37.1 Å². The van der Waals surface area contributed by atoms with E-state index in [4.69, 9.17) is 0 Å². The molecule has 1 fully saturated rings. The van der Waals surface area contributed by atoms with E-state index in [0.717, 1.165) is 12.8 Å². The first kappa shape index (κ1) is 17.6. The number of carbonyl (C=O) groups excluding carboxylic acids is 1. The minimum absolute atomic E-state index is 0.147. The first-order valence-electron chi connectivity index (χ1n) is 7.64. The molecule has 1 aromatic carbocycles. The van der Waals surface area contributed by atoms with Crippen LogP contribution in [0.1, 0.15) is 25.7 Å². The Balaban J connectivity index is 1.90. The molecule has 0 unspecified atom stereocenters. The SMILES string of the molecule is C[N+](C)(CC(=O)Nc1ccc(OC(F)(F)F)cc1)C1CCCC1. The molecule has 128 valence electrons. The molecule has 1 aromatic rings. The number of nitrogens with one attached hydrogen (secondary N) is 1. The van der Waals surface area contributed by atoms with Crippen LogP contribution in [0.15, 0.2) is 24.3 Å². The van der Waals surface area contributed by atoms with E-state index < -0.39 is 6.36 Å². The maximum Gasteiger partial charge on any atom is 0.573 e. The molecule has 0 aromatic heterocycles. The number of amides is 1. The van der Waals surface area contributed by atoms with Gasteiger partial charge in [-0.3, -0.25) is 4.79 Å². The molecule has 7 heteroatoms. The summed E-state index contributed by atoms with van der Waals surface area (Å²) < 4.78 is 40.7. The van der Waals surface area contributed by atoms with Crippen molar-refractivity contribution in [3.8, 4) is 5.75 Å². The van der Waals surface area contributed by atoms with Crippen molar-refractivity contribution in [2.75, 3.05) is 26.0 Å². The van der Waals surface area contributed by atoms with Gasteiger partial charge in [-0.05, 0) is 49.9 Å². The molecule has 0 saturated heterocycles. The highest BCUT2D eigenvalue weighted by Gasteiger charge is 2.33. The molecule has 0 atom stereocenters. The molecule has 1 aliphatic carbocycles. The summed E-state index contributed by atoms with van der Waals surface area (Å²) in [5, 5.41) is 2.72. The molecule has 1 N–H and O–H groups in total. The Morgan fingerprint density at radius 1 is 1.22 bits per heavy atom. The van der Waals surface area contributed by atoms with Crippen molar-refractivity contribution in [3.05, 3.63) is 24.3 Å². The van der Waals surface area contributed by atoms with Crippen LogP contribution in [0.25, 0.3) is 0 Å². The maximum absolute atomic E-state index is 12.2. The fourth-order valence-electron chi connectivity index (χ4n) is 3.04. The second-order valence-electron chi connectivity index (χ2n) is 6.50. The van der Waals surface area contributed by atoms with Gasteiger partial charge in [0.2, 0.25) is 0 Å². The van der Waals surface area contributed by atoms with Crippen molar-refractivity contribution >= 4 is 11.6 Å². The average molecular weight is 331 g/mol. The van der Waals surface area contributed by atoms with E-state index in [-0.39, 0.29) is 11.7 Å². The lowest BCUT2D eigenvalue weighted by atomic mass is 10.2. The van der Waals surface area contributed by atoms with E-state index in [1.807, 2.05) is 14.1 Å². The minimum Gasteiger partial charge on any atom is -0.406 e. The zero-order chi connectivity index (χ0) is 17.1. The predicted octanol–water partition coefficient (Wildman–Crippen LogP) is 3.54. The highest BCUT2D eigenvalue weighted by Crippen LogP contribution is 2.27. The normalized spacial score (nSPS) is 16.4. The molecule has 4 nitrogen and oxygen atoms in total. The van der Waals surface area contributed by atoms with Gasteiger partial charge in [-0.1, -0.05) is 0 Å². The van der Waals surface area contributed by atoms with Gasteiger partial charge in [0.25, 0.3) is 5.91 Å². The largest absolute Gasteiger partial charge is 0.573 e. The zero-order valence-corrected chi connectivity index (χ0v) is 13.3. The Hall–Kier alpha value is -1.76. The number of nitrogens with zero attached hydrogens (tertiary/aromatic N) is 1. The number of ether oxygens (including phenoxy) is 1. The van der Waals surface area contributed by atoms with Crippen LogP contribution in [0, 0.1) is 0 Å². The van der Waals surface area contributed by atoms with Crippen LogP contribution in [0.3, 0.4) is 0 Å². The van der Waals surface area contributed by atoms with E-state index in [2.05, 4.69) is 10.1 Å². The fraction of sp³-hybridized carbons (Fsp3) is 0.562. The molecule has 1 saturated carbocycles. The van der Waals surface area contributed by atoms with Crippen LogP contribution >= 0.6 is 0 Å². The highest BCUT2D eigenvalue weighted by molar-refractivity contribution is 5.91. The Kier molecular flexibility index (Phi) is 5.19. The van der Waals surface area contributed by atoms with Gasteiger partial charge in [-0.15, -0.1) is 13.2 Å². The molecule has 1 aliphatic rings. The molecular formula is C16H22F3N2O2+. The van der Waals surface area contributed by atoms with Crippen molar-refractivity contribution in [1.82, 2.24) is 0 Å². The predicted molar refractivity (Wildman–Crippen MR) is 81.0 cm³/mol. The smallest absolute Gasteiger partial charge is 0.406 e. The van der Waals surface area contributed by atoms with Crippen LogP contribution in [0.5, 0.6) is 5.75 Å². The van der Waals surface area contributed by atoms with Gasteiger partial charge in [-0.25, -0.2) is 0 Å². The first-order chi connectivity index (χ1) is 10.7. The number of quaternary nitrogens is 1. The summed E-state index contributed by atoms with van der Waals surface area (Å²) in [7, 11) is 4.08. The molecule has 0 spiro atoms. The number of rotatable bonds is 5. The van der Waals surface area contributed by atoms with Crippen molar-refractivity contribution in [1.29, 1.82) is 0 Å². The molecule has 0 aliphatic heterocycles. The van der Waals surface area contributed by atoms with Crippen molar-refractivity contribution < 1.29 is 27.2 Å². The molecule has 0 heterocycles. The average Bonchev–Trinajstić information content (AvgIpc) is 2.93. The monoisotopic (exact) mass is 331 g/mol. The number of anilines is 1. The highest BCUT2D eigenvalue weighted by atomic mass is 19.4. The lowest BCUT2D eigenvalue weighted by Crippen LogP contribution is -2.51. The second-order valence-corrected chi connectivity index (χ2v) is 6.50. The first-order valence-corrected chi connectivity index (χ1v) is 7.64. The number of halogens is 3. The number of benzene rings is 1. The zero-order valence-electron chi connectivity index (χ0n) is 13.3. The van der Waals surface area contributed by atoms with Crippen LogP contribution < -0.4 is 10.1 Å². The van der Waals surface area contributed by atoms with Gasteiger partial charge < -0.3 is 14.5 Å².